The van der Waals surface area contributed by atoms with E-state index in [4.69, 9.17) is 4.98 Å². The lowest BCUT2D eigenvalue weighted by atomic mass is 9.85. The van der Waals surface area contributed by atoms with Crippen LogP contribution >= 0.6 is 0 Å². The molecule has 0 saturated carbocycles. The molecule has 5 rings (SSSR count). The second kappa shape index (κ2) is 7.40. The summed E-state index contributed by atoms with van der Waals surface area (Å²) >= 11 is 0. The number of hydrogen-bond acceptors (Lipinski definition) is 5. The van der Waals surface area contributed by atoms with Gasteiger partial charge in [-0.1, -0.05) is 0 Å². The molecule has 7 heteroatoms. The minimum atomic E-state index is 0.931. The number of H-pyrrole nitrogens is 2. The van der Waals surface area contributed by atoms with Gasteiger partial charge in [-0.25, -0.2) is 4.98 Å². The Morgan fingerprint density at radius 1 is 0.967 bits per heavy atom. The highest BCUT2D eigenvalue weighted by Gasteiger charge is 2.24. The Hall–Kier alpha value is -2.93. The molecule has 0 amide bonds. The zero-order valence-electron chi connectivity index (χ0n) is 18.2. The van der Waals surface area contributed by atoms with Gasteiger partial charge in [0.25, 0.3) is 0 Å². The third kappa shape index (κ3) is 3.04. The minimum absolute atomic E-state index is 0.931. The normalized spacial score (nSPS) is 14.0. The first-order valence-corrected chi connectivity index (χ1v) is 10.7. The molecule has 0 spiro atoms. The molecule has 0 aliphatic heterocycles. The van der Waals surface area contributed by atoms with Crippen LogP contribution in [-0.4, -0.2) is 64.5 Å². The van der Waals surface area contributed by atoms with Gasteiger partial charge in [-0.2, -0.15) is 10.2 Å². The number of aromatic nitrogens is 5. The van der Waals surface area contributed by atoms with Gasteiger partial charge in [0.1, 0.15) is 0 Å². The van der Waals surface area contributed by atoms with E-state index in [1.54, 1.807) is 0 Å². The summed E-state index contributed by atoms with van der Waals surface area (Å²) in [7, 11) is 6.38. The zero-order valence-corrected chi connectivity index (χ0v) is 18.2. The lowest BCUT2D eigenvalue weighted by molar-refractivity contribution is 0.416. The van der Waals surface area contributed by atoms with Gasteiger partial charge in [-0.15, -0.1) is 0 Å². The highest BCUT2D eigenvalue weighted by atomic mass is 15.2. The number of hydrogen-bond donors (Lipinski definition) is 2. The summed E-state index contributed by atoms with van der Waals surface area (Å²) < 4.78 is 0. The van der Waals surface area contributed by atoms with Gasteiger partial charge in [0.2, 0.25) is 0 Å². The number of aromatic amines is 2. The van der Waals surface area contributed by atoms with Crippen molar-refractivity contribution in [3.63, 3.8) is 0 Å². The molecule has 0 saturated heterocycles. The Morgan fingerprint density at radius 2 is 1.73 bits per heavy atom. The summed E-state index contributed by atoms with van der Waals surface area (Å²) in [6, 6.07) is 2.20. The lowest BCUT2D eigenvalue weighted by Gasteiger charge is -2.26. The standard InChI is InChI=1S/C23H29N7/c1-14-17(12-24-27-14)22-16-8-6-5-7-15(16)21-18-13-25-28-19(18)11-20(23(21)26-22)30(4)10-9-29(2)3/h11-13H,5-10H2,1-4H3,(H,24,27)(H,25,28). The van der Waals surface area contributed by atoms with Crippen LogP contribution in [0.3, 0.4) is 0 Å². The molecule has 0 radical (unpaired) electrons. The monoisotopic (exact) mass is 403 g/mol. The van der Waals surface area contributed by atoms with Crippen molar-refractivity contribution in [3.8, 4) is 11.3 Å². The number of pyridine rings is 1. The van der Waals surface area contributed by atoms with Gasteiger partial charge in [-0.3, -0.25) is 10.2 Å². The lowest BCUT2D eigenvalue weighted by Crippen LogP contribution is -2.28. The van der Waals surface area contributed by atoms with Crippen molar-refractivity contribution in [2.45, 2.75) is 32.6 Å². The molecule has 3 heterocycles. The number of aryl methyl sites for hydroxylation is 2. The third-order valence-corrected chi connectivity index (χ3v) is 6.36. The van der Waals surface area contributed by atoms with Gasteiger partial charge in [0, 0.05) is 42.2 Å². The second-order valence-electron chi connectivity index (χ2n) is 8.71. The Kier molecular flexibility index (Phi) is 4.70. The number of likely N-dealkylation sites (N-methyl/N-ethyl adjacent to an activating group) is 2. The number of fused-ring (bicyclic) bond motifs is 5. The Balaban J connectivity index is 1.83. The average molecular weight is 404 g/mol. The van der Waals surface area contributed by atoms with Crippen LogP contribution in [0.5, 0.6) is 0 Å². The fourth-order valence-electron chi connectivity index (χ4n) is 4.68. The molecule has 0 fully saturated rings. The molecule has 2 N–H and O–H groups in total. The van der Waals surface area contributed by atoms with Crippen LogP contribution in [0.2, 0.25) is 0 Å². The highest BCUT2D eigenvalue weighted by Crippen LogP contribution is 2.41. The topological polar surface area (TPSA) is 76.7 Å². The molecule has 0 bridgehead atoms. The summed E-state index contributed by atoms with van der Waals surface area (Å²) in [5.74, 6) is 0. The molecular weight excluding hydrogens is 374 g/mol. The van der Waals surface area contributed by atoms with Gasteiger partial charge in [0.05, 0.1) is 34.8 Å². The Bertz CT molecular complexity index is 1220. The van der Waals surface area contributed by atoms with E-state index in [2.05, 4.69) is 64.3 Å². The molecule has 4 aromatic rings. The van der Waals surface area contributed by atoms with Crippen LogP contribution in [0.1, 0.15) is 29.7 Å². The molecule has 156 valence electrons. The van der Waals surface area contributed by atoms with Crippen molar-refractivity contribution in [2.24, 2.45) is 0 Å². The predicted octanol–water partition coefficient (Wildman–Crippen LogP) is 3.69. The first kappa shape index (κ1) is 19.1. The van der Waals surface area contributed by atoms with Gasteiger partial charge in [0.15, 0.2) is 0 Å². The van der Waals surface area contributed by atoms with Crippen LogP contribution in [0.25, 0.3) is 33.1 Å². The minimum Gasteiger partial charge on any atom is -0.371 e. The largest absolute Gasteiger partial charge is 0.371 e. The number of nitrogens with one attached hydrogen (secondary N) is 2. The van der Waals surface area contributed by atoms with E-state index in [0.29, 0.717) is 0 Å². The van der Waals surface area contributed by atoms with Gasteiger partial charge >= 0.3 is 0 Å². The highest BCUT2D eigenvalue weighted by molar-refractivity contribution is 6.13. The Morgan fingerprint density at radius 3 is 2.47 bits per heavy atom. The quantitative estimate of drug-likeness (QED) is 0.531. The molecule has 7 nitrogen and oxygen atoms in total. The van der Waals surface area contributed by atoms with E-state index in [-0.39, 0.29) is 0 Å². The average Bonchev–Trinajstić information content (AvgIpc) is 3.39. The fourth-order valence-corrected chi connectivity index (χ4v) is 4.68. The molecule has 0 atom stereocenters. The number of rotatable bonds is 5. The molecular formula is C23H29N7. The van der Waals surface area contributed by atoms with E-state index < -0.39 is 0 Å². The number of anilines is 1. The Labute approximate surface area is 176 Å². The van der Waals surface area contributed by atoms with Crippen molar-refractivity contribution in [2.75, 3.05) is 39.1 Å². The number of benzene rings is 1. The maximum Gasteiger partial charge on any atom is 0.0953 e. The first-order chi connectivity index (χ1) is 14.5. The van der Waals surface area contributed by atoms with Crippen molar-refractivity contribution in [3.05, 3.63) is 35.3 Å². The SMILES string of the molecule is Cc1[nH]ncc1-c1nc2c(N(C)CCN(C)C)cc3[nH]ncc3c2c2c1CCCC2. The molecule has 3 aromatic heterocycles. The van der Waals surface area contributed by atoms with E-state index in [0.717, 1.165) is 59.6 Å². The third-order valence-electron chi connectivity index (χ3n) is 6.36. The molecule has 30 heavy (non-hydrogen) atoms. The van der Waals surface area contributed by atoms with Crippen molar-refractivity contribution in [1.29, 1.82) is 0 Å². The smallest absolute Gasteiger partial charge is 0.0953 e. The first-order valence-electron chi connectivity index (χ1n) is 10.7. The molecule has 0 unspecified atom stereocenters. The summed E-state index contributed by atoms with van der Waals surface area (Å²) in [6.45, 7) is 3.99. The zero-order chi connectivity index (χ0) is 20.8. The summed E-state index contributed by atoms with van der Waals surface area (Å²) in [5, 5.41) is 17.4. The van der Waals surface area contributed by atoms with Crippen LogP contribution < -0.4 is 4.90 Å². The second-order valence-corrected chi connectivity index (χ2v) is 8.71. The van der Waals surface area contributed by atoms with Crippen molar-refractivity contribution < 1.29 is 0 Å². The van der Waals surface area contributed by atoms with Crippen LogP contribution in [0.4, 0.5) is 5.69 Å². The van der Waals surface area contributed by atoms with Crippen LogP contribution in [0, 0.1) is 6.92 Å². The molecule has 1 aromatic carbocycles. The maximum atomic E-state index is 5.31. The summed E-state index contributed by atoms with van der Waals surface area (Å²) in [4.78, 5) is 9.84. The van der Waals surface area contributed by atoms with Crippen molar-refractivity contribution in [1.82, 2.24) is 30.3 Å². The van der Waals surface area contributed by atoms with E-state index in [1.807, 2.05) is 12.4 Å². The van der Waals surface area contributed by atoms with Crippen molar-refractivity contribution >= 4 is 27.5 Å². The van der Waals surface area contributed by atoms with Gasteiger partial charge in [-0.05, 0) is 63.9 Å². The molecule has 1 aliphatic rings. The predicted molar refractivity (Wildman–Crippen MR) is 122 cm³/mol. The molecule has 1 aliphatic carbocycles. The van der Waals surface area contributed by atoms with Gasteiger partial charge < -0.3 is 9.80 Å². The maximum absolute atomic E-state index is 5.31. The number of nitrogens with zero attached hydrogens (tertiary/aromatic N) is 5. The van der Waals surface area contributed by atoms with E-state index in [1.165, 1.54) is 34.7 Å². The van der Waals surface area contributed by atoms with E-state index in [9.17, 15) is 0 Å². The summed E-state index contributed by atoms with van der Waals surface area (Å²) in [5.41, 5.74) is 9.40. The fraction of sp³-hybridized carbons (Fsp3) is 0.435. The van der Waals surface area contributed by atoms with Crippen LogP contribution in [0.15, 0.2) is 18.5 Å². The summed E-state index contributed by atoms with van der Waals surface area (Å²) in [6.07, 6.45) is 8.46. The van der Waals surface area contributed by atoms with Crippen LogP contribution in [-0.2, 0) is 12.8 Å². The van der Waals surface area contributed by atoms with E-state index >= 15 is 0 Å².